The van der Waals surface area contributed by atoms with Gasteiger partial charge in [0.1, 0.15) is 6.17 Å². The monoisotopic (exact) mass is 401 g/mol. The Morgan fingerprint density at radius 3 is 2.14 bits per heavy atom. The molecule has 22 heavy (non-hydrogen) atoms. The Bertz CT molecular complexity index is 531. The number of nitrogens with one attached hydrogen (secondary N) is 3. The van der Waals surface area contributed by atoms with Crippen molar-refractivity contribution in [3.05, 3.63) is 29.3 Å². The van der Waals surface area contributed by atoms with Crippen molar-refractivity contribution in [2.24, 2.45) is 5.92 Å². The van der Waals surface area contributed by atoms with Crippen LogP contribution in [0.3, 0.4) is 0 Å². The van der Waals surface area contributed by atoms with Crippen molar-refractivity contribution < 1.29 is 4.79 Å². The summed E-state index contributed by atoms with van der Waals surface area (Å²) in [6.45, 7) is 3.46. The van der Waals surface area contributed by atoms with Crippen LogP contribution in [0.2, 0.25) is 5.02 Å². The van der Waals surface area contributed by atoms with Gasteiger partial charge in [-0.3, -0.25) is 4.79 Å². The highest BCUT2D eigenvalue weighted by Gasteiger charge is 2.35. The Labute approximate surface area is 154 Å². The lowest BCUT2D eigenvalue weighted by atomic mass is 10.2. The second kappa shape index (κ2) is 8.41. The molecule has 1 rings (SSSR count). The molecule has 9 heteroatoms. The van der Waals surface area contributed by atoms with E-state index in [1.54, 1.807) is 38.1 Å². The third kappa shape index (κ3) is 6.75. The van der Waals surface area contributed by atoms with Gasteiger partial charge in [0.2, 0.25) is 9.70 Å². The van der Waals surface area contributed by atoms with Crippen molar-refractivity contribution in [2.75, 3.05) is 5.32 Å². The van der Waals surface area contributed by atoms with E-state index in [9.17, 15) is 4.79 Å². The SMILES string of the molecule is CC(C)C(=O)N[C@@H](NC(=S)Nc1ccc(Cl)cc1)C(Cl)(Cl)Cl. The van der Waals surface area contributed by atoms with Crippen LogP contribution >= 0.6 is 58.6 Å². The Morgan fingerprint density at radius 1 is 1.14 bits per heavy atom. The minimum atomic E-state index is -1.77. The van der Waals surface area contributed by atoms with Crippen LogP contribution in [-0.2, 0) is 4.79 Å². The van der Waals surface area contributed by atoms with Crippen LogP contribution in [0.1, 0.15) is 13.8 Å². The summed E-state index contributed by atoms with van der Waals surface area (Å²) in [5, 5.41) is 9.06. The molecule has 3 N–H and O–H groups in total. The van der Waals surface area contributed by atoms with Crippen LogP contribution in [0, 0.1) is 5.92 Å². The molecule has 0 heterocycles. The second-order valence-corrected chi connectivity index (χ2v) is 7.96. The molecule has 0 aromatic heterocycles. The van der Waals surface area contributed by atoms with Crippen LogP contribution in [0.25, 0.3) is 0 Å². The highest BCUT2D eigenvalue weighted by molar-refractivity contribution is 7.80. The summed E-state index contributed by atoms with van der Waals surface area (Å²) in [5.74, 6) is -0.521. The number of alkyl halides is 3. The van der Waals surface area contributed by atoms with Crippen molar-refractivity contribution in [2.45, 2.75) is 23.8 Å². The predicted molar refractivity (Wildman–Crippen MR) is 97.9 cm³/mol. The Balaban J connectivity index is 2.70. The van der Waals surface area contributed by atoms with Gasteiger partial charge >= 0.3 is 0 Å². The number of amides is 1. The molecule has 0 saturated carbocycles. The quantitative estimate of drug-likeness (QED) is 0.403. The number of carbonyl (C=O) groups excluding carboxylic acids is 1. The summed E-state index contributed by atoms with van der Waals surface area (Å²) in [6, 6.07) is 6.90. The average molecular weight is 403 g/mol. The van der Waals surface area contributed by atoms with Gasteiger partial charge < -0.3 is 16.0 Å². The largest absolute Gasteiger partial charge is 0.339 e. The van der Waals surface area contributed by atoms with Gasteiger partial charge in [-0.2, -0.15) is 0 Å². The highest BCUT2D eigenvalue weighted by Crippen LogP contribution is 2.29. The van der Waals surface area contributed by atoms with Gasteiger partial charge in [0.05, 0.1) is 0 Å². The molecular formula is C13H15Cl4N3OS. The summed E-state index contributed by atoms with van der Waals surface area (Å²) < 4.78 is -1.77. The van der Waals surface area contributed by atoms with E-state index in [1.165, 1.54) is 0 Å². The van der Waals surface area contributed by atoms with Gasteiger partial charge in [0, 0.05) is 16.6 Å². The molecule has 4 nitrogen and oxygen atoms in total. The molecule has 1 atom stereocenters. The molecule has 0 aliphatic carbocycles. The number of benzene rings is 1. The van der Waals surface area contributed by atoms with Crippen molar-refractivity contribution in [1.82, 2.24) is 10.6 Å². The van der Waals surface area contributed by atoms with E-state index in [0.29, 0.717) is 10.7 Å². The Morgan fingerprint density at radius 2 is 1.68 bits per heavy atom. The fraction of sp³-hybridized carbons (Fsp3) is 0.385. The first-order valence-electron chi connectivity index (χ1n) is 6.29. The number of halogens is 4. The minimum Gasteiger partial charge on any atom is -0.339 e. The van der Waals surface area contributed by atoms with Crippen molar-refractivity contribution in [3.8, 4) is 0 Å². The zero-order valence-corrected chi connectivity index (χ0v) is 15.6. The maximum absolute atomic E-state index is 11.8. The topological polar surface area (TPSA) is 53.2 Å². The second-order valence-electron chi connectivity index (χ2n) is 4.74. The number of hydrogen-bond donors (Lipinski definition) is 3. The predicted octanol–water partition coefficient (Wildman–Crippen LogP) is 4.09. The standard InChI is InChI=1S/C13H15Cl4N3OS/c1-7(2)10(21)19-11(13(15,16)17)20-12(22)18-9-5-3-8(14)4-6-9/h3-7,11H,1-2H3,(H,19,21)(H2,18,20,22)/t11-/m0/s1. The maximum Gasteiger partial charge on any atom is 0.228 e. The van der Waals surface area contributed by atoms with Gasteiger partial charge in [0.25, 0.3) is 0 Å². The Kier molecular flexibility index (Phi) is 7.49. The fourth-order valence-electron chi connectivity index (χ4n) is 1.34. The van der Waals surface area contributed by atoms with E-state index >= 15 is 0 Å². The van der Waals surface area contributed by atoms with Crippen LogP contribution < -0.4 is 16.0 Å². The fourth-order valence-corrected chi connectivity index (χ4v) is 2.03. The zero-order chi connectivity index (χ0) is 16.9. The number of thiocarbonyl (C=S) groups is 1. The smallest absolute Gasteiger partial charge is 0.228 e. The molecule has 122 valence electrons. The van der Waals surface area contributed by atoms with Crippen molar-refractivity contribution in [3.63, 3.8) is 0 Å². The normalized spacial score (nSPS) is 12.7. The lowest BCUT2D eigenvalue weighted by Crippen LogP contribution is -2.56. The Hall–Kier alpha value is -0.460. The first kappa shape index (κ1) is 19.6. The van der Waals surface area contributed by atoms with Crippen LogP contribution in [0.5, 0.6) is 0 Å². The van der Waals surface area contributed by atoms with E-state index in [0.717, 1.165) is 0 Å². The summed E-state index contributed by atoms with van der Waals surface area (Å²) >= 11 is 28.5. The van der Waals surface area contributed by atoms with E-state index < -0.39 is 9.96 Å². The first-order valence-corrected chi connectivity index (χ1v) is 8.22. The number of anilines is 1. The third-order valence-corrected chi connectivity index (χ3v) is 3.64. The summed E-state index contributed by atoms with van der Waals surface area (Å²) in [5.41, 5.74) is 0.708. The number of rotatable bonds is 4. The van der Waals surface area contributed by atoms with E-state index in [1.807, 2.05) is 0 Å². The molecular weight excluding hydrogens is 388 g/mol. The van der Waals surface area contributed by atoms with E-state index in [2.05, 4.69) is 16.0 Å². The zero-order valence-electron chi connectivity index (χ0n) is 11.8. The molecule has 0 bridgehead atoms. The van der Waals surface area contributed by atoms with E-state index in [-0.39, 0.29) is 16.9 Å². The lowest BCUT2D eigenvalue weighted by Gasteiger charge is -2.28. The third-order valence-electron chi connectivity index (χ3n) is 2.52. The molecule has 0 aliphatic rings. The lowest BCUT2D eigenvalue weighted by molar-refractivity contribution is -0.124. The van der Waals surface area contributed by atoms with Crippen molar-refractivity contribution in [1.29, 1.82) is 0 Å². The first-order chi connectivity index (χ1) is 10.1. The van der Waals surface area contributed by atoms with Crippen molar-refractivity contribution >= 4 is 75.3 Å². The van der Waals surface area contributed by atoms with Gasteiger partial charge in [-0.25, -0.2) is 0 Å². The summed E-state index contributed by atoms with van der Waals surface area (Å²) in [4.78, 5) is 11.8. The van der Waals surface area contributed by atoms with Crippen LogP contribution in [-0.4, -0.2) is 21.0 Å². The highest BCUT2D eigenvalue weighted by atomic mass is 35.6. The molecule has 1 amide bonds. The molecule has 0 aliphatic heterocycles. The molecule has 0 radical (unpaired) electrons. The molecule has 0 unspecified atom stereocenters. The van der Waals surface area contributed by atoms with Gasteiger partial charge in [-0.05, 0) is 36.5 Å². The number of carbonyl (C=O) groups is 1. The summed E-state index contributed by atoms with van der Waals surface area (Å²) in [6.07, 6.45) is -0.972. The van der Waals surface area contributed by atoms with Gasteiger partial charge in [0.15, 0.2) is 5.11 Å². The minimum absolute atomic E-state index is 0.197. The average Bonchev–Trinajstić information content (AvgIpc) is 2.39. The molecule has 1 aromatic carbocycles. The summed E-state index contributed by atoms with van der Waals surface area (Å²) in [7, 11) is 0. The molecule has 0 fully saturated rings. The molecule has 1 aromatic rings. The number of hydrogen-bond acceptors (Lipinski definition) is 2. The maximum atomic E-state index is 11.8. The van der Waals surface area contributed by atoms with Crippen LogP contribution in [0.4, 0.5) is 5.69 Å². The molecule has 0 saturated heterocycles. The van der Waals surface area contributed by atoms with Crippen LogP contribution in [0.15, 0.2) is 24.3 Å². The molecule has 0 spiro atoms. The van der Waals surface area contributed by atoms with Gasteiger partial charge in [-0.1, -0.05) is 60.3 Å². The van der Waals surface area contributed by atoms with E-state index in [4.69, 9.17) is 58.6 Å². The van der Waals surface area contributed by atoms with Gasteiger partial charge in [-0.15, -0.1) is 0 Å².